The normalized spacial score (nSPS) is 16.9. The van der Waals surface area contributed by atoms with E-state index in [1.165, 1.54) is 25.3 Å². The number of nitrogens with two attached hydrogens (primary N) is 1. The lowest BCUT2D eigenvalue weighted by Crippen LogP contribution is -2.37. The Labute approximate surface area is 126 Å². The monoisotopic (exact) mass is 323 g/mol. The van der Waals surface area contributed by atoms with Gasteiger partial charge in [0, 0.05) is 11.6 Å². The fourth-order valence-electron chi connectivity index (χ4n) is 2.01. The van der Waals surface area contributed by atoms with Crippen molar-refractivity contribution in [3.63, 3.8) is 0 Å². The first-order valence-electron chi connectivity index (χ1n) is 5.92. The molecular formula is C13H16ClF2NO4. The summed E-state index contributed by atoms with van der Waals surface area (Å²) in [4.78, 5) is 11.8. The van der Waals surface area contributed by atoms with Gasteiger partial charge in [-0.05, 0) is 19.9 Å². The van der Waals surface area contributed by atoms with Crippen LogP contribution in [0.1, 0.15) is 25.5 Å². The van der Waals surface area contributed by atoms with E-state index >= 15 is 0 Å². The van der Waals surface area contributed by atoms with E-state index in [9.17, 15) is 13.6 Å². The third kappa shape index (κ3) is 3.03. The van der Waals surface area contributed by atoms with Gasteiger partial charge in [0.2, 0.25) is 0 Å². The van der Waals surface area contributed by atoms with Crippen LogP contribution in [0.25, 0.3) is 0 Å². The van der Waals surface area contributed by atoms with Crippen molar-refractivity contribution in [2.24, 2.45) is 11.1 Å². The molecule has 1 aliphatic heterocycles. The SMILES string of the molecule is COC(=O)C(C)(C)[C@H](N)c1cccc2c1OC(F)(F)O2.Cl. The third-order valence-electron chi connectivity index (χ3n) is 3.28. The Morgan fingerprint density at radius 2 is 2.00 bits per heavy atom. The molecule has 21 heavy (non-hydrogen) atoms. The first-order chi connectivity index (χ1) is 9.19. The average molecular weight is 324 g/mol. The fraction of sp³-hybridized carbons (Fsp3) is 0.462. The van der Waals surface area contributed by atoms with Crippen LogP contribution in [0, 0.1) is 5.41 Å². The van der Waals surface area contributed by atoms with Crippen LogP contribution in [-0.4, -0.2) is 19.4 Å². The van der Waals surface area contributed by atoms with Gasteiger partial charge in [0.1, 0.15) is 0 Å². The second kappa shape index (κ2) is 5.65. The van der Waals surface area contributed by atoms with Gasteiger partial charge in [-0.3, -0.25) is 4.79 Å². The Kier molecular flexibility index (Phi) is 4.70. The molecule has 0 bridgehead atoms. The zero-order valence-corrected chi connectivity index (χ0v) is 12.5. The lowest BCUT2D eigenvalue weighted by Gasteiger charge is -2.29. The number of esters is 1. The second-order valence-electron chi connectivity index (χ2n) is 5.03. The number of halogens is 3. The molecule has 1 aromatic carbocycles. The molecule has 2 N–H and O–H groups in total. The molecule has 1 aromatic rings. The third-order valence-corrected chi connectivity index (χ3v) is 3.28. The largest absolute Gasteiger partial charge is 0.586 e. The molecule has 0 amide bonds. The molecule has 1 atom stereocenters. The van der Waals surface area contributed by atoms with Crippen molar-refractivity contribution in [3.05, 3.63) is 23.8 Å². The van der Waals surface area contributed by atoms with Crippen molar-refractivity contribution >= 4 is 18.4 Å². The van der Waals surface area contributed by atoms with Crippen molar-refractivity contribution in [2.75, 3.05) is 7.11 Å². The highest BCUT2D eigenvalue weighted by Gasteiger charge is 2.47. The van der Waals surface area contributed by atoms with Gasteiger partial charge in [0.15, 0.2) is 11.5 Å². The van der Waals surface area contributed by atoms with E-state index in [-0.39, 0.29) is 29.5 Å². The molecule has 8 heteroatoms. The molecule has 118 valence electrons. The molecular weight excluding hydrogens is 308 g/mol. The number of carbonyl (C=O) groups is 1. The van der Waals surface area contributed by atoms with E-state index in [1.54, 1.807) is 13.8 Å². The van der Waals surface area contributed by atoms with Crippen molar-refractivity contribution in [1.29, 1.82) is 0 Å². The van der Waals surface area contributed by atoms with Gasteiger partial charge in [0.25, 0.3) is 0 Å². The van der Waals surface area contributed by atoms with E-state index in [2.05, 4.69) is 14.2 Å². The lowest BCUT2D eigenvalue weighted by atomic mass is 9.80. The molecule has 1 aliphatic rings. The second-order valence-corrected chi connectivity index (χ2v) is 5.03. The summed E-state index contributed by atoms with van der Waals surface area (Å²) >= 11 is 0. The Morgan fingerprint density at radius 3 is 2.57 bits per heavy atom. The van der Waals surface area contributed by atoms with Gasteiger partial charge < -0.3 is 19.9 Å². The number of para-hydroxylation sites is 1. The molecule has 0 spiro atoms. The van der Waals surface area contributed by atoms with Crippen molar-refractivity contribution in [1.82, 2.24) is 0 Å². The number of hydrogen-bond donors (Lipinski definition) is 1. The molecule has 0 fully saturated rings. The summed E-state index contributed by atoms with van der Waals surface area (Å²) in [6.07, 6.45) is -3.73. The van der Waals surface area contributed by atoms with Crippen LogP contribution >= 0.6 is 12.4 Å². The summed E-state index contributed by atoms with van der Waals surface area (Å²) in [6, 6.07) is 3.48. The summed E-state index contributed by atoms with van der Waals surface area (Å²) in [5, 5.41) is 0. The maximum Gasteiger partial charge on any atom is 0.586 e. The topological polar surface area (TPSA) is 70.8 Å². The van der Waals surface area contributed by atoms with Crippen molar-refractivity contribution in [3.8, 4) is 11.5 Å². The van der Waals surface area contributed by atoms with Crippen LogP contribution < -0.4 is 15.2 Å². The number of methoxy groups -OCH3 is 1. The van der Waals surface area contributed by atoms with Gasteiger partial charge in [-0.15, -0.1) is 21.2 Å². The smallest absolute Gasteiger partial charge is 0.469 e. The number of carbonyl (C=O) groups excluding carboxylic acids is 1. The zero-order chi connectivity index (χ0) is 15.1. The number of hydrogen-bond acceptors (Lipinski definition) is 5. The molecule has 2 rings (SSSR count). The van der Waals surface area contributed by atoms with Gasteiger partial charge in [-0.2, -0.15) is 0 Å². The maximum atomic E-state index is 13.1. The van der Waals surface area contributed by atoms with Crippen molar-refractivity contribution < 1.29 is 27.8 Å². The first-order valence-corrected chi connectivity index (χ1v) is 5.92. The Balaban J connectivity index is 0.00000220. The highest BCUT2D eigenvalue weighted by atomic mass is 35.5. The number of fused-ring (bicyclic) bond motifs is 1. The van der Waals surface area contributed by atoms with E-state index in [4.69, 9.17) is 5.73 Å². The molecule has 0 saturated heterocycles. The minimum atomic E-state index is -3.73. The zero-order valence-electron chi connectivity index (χ0n) is 11.7. The van der Waals surface area contributed by atoms with Gasteiger partial charge in [0.05, 0.1) is 12.5 Å². The summed E-state index contributed by atoms with van der Waals surface area (Å²) in [6.45, 7) is 3.13. The minimum absolute atomic E-state index is 0. The van der Waals surface area contributed by atoms with E-state index < -0.39 is 23.7 Å². The standard InChI is InChI=1S/C13H15F2NO4.ClH/c1-12(2,11(17)18-3)10(16)7-5-4-6-8-9(7)20-13(14,15)19-8;/h4-6,10H,16H2,1-3H3;1H/t10-;/m1./s1. The molecule has 5 nitrogen and oxygen atoms in total. The van der Waals surface area contributed by atoms with Crippen LogP contribution in [0.3, 0.4) is 0 Å². The number of rotatable bonds is 3. The maximum absolute atomic E-state index is 13.1. The van der Waals surface area contributed by atoms with Crippen molar-refractivity contribution in [2.45, 2.75) is 26.2 Å². The summed E-state index contributed by atoms with van der Waals surface area (Å²) < 4.78 is 39.8. The molecule has 0 unspecified atom stereocenters. The highest BCUT2D eigenvalue weighted by molar-refractivity contribution is 5.85. The summed E-state index contributed by atoms with van der Waals surface area (Å²) in [5.74, 6) is -0.807. The highest BCUT2D eigenvalue weighted by Crippen LogP contribution is 2.47. The molecule has 0 aromatic heterocycles. The van der Waals surface area contributed by atoms with E-state index in [0.29, 0.717) is 0 Å². The van der Waals surface area contributed by atoms with Crippen LogP contribution in [0.4, 0.5) is 8.78 Å². The van der Waals surface area contributed by atoms with Gasteiger partial charge >= 0.3 is 12.3 Å². The number of benzene rings is 1. The van der Waals surface area contributed by atoms with Crippen LogP contribution in [0.2, 0.25) is 0 Å². The first kappa shape index (κ1) is 17.5. The Morgan fingerprint density at radius 1 is 1.38 bits per heavy atom. The molecule has 0 saturated carbocycles. The van der Waals surface area contributed by atoms with Crippen LogP contribution in [0.5, 0.6) is 11.5 Å². The quantitative estimate of drug-likeness (QED) is 0.866. The molecule has 1 heterocycles. The number of ether oxygens (including phenoxy) is 3. The van der Waals surface area contributed by atoms with Crippen LogP contribution in [0.15, 0.2) is 18.2 Å². The Bertz CT molecular complexity index is 551. The lowest BCUT2D eigenvalue weighted by molar-refractivity contribution is -0.287. The summed E-state index contributed by atoms with van der Waals surface area (Å²) in [7, 11) is 1.24. The Hall–Kier alpha value is -1.60. The molecule has 0 radical (unpaired) electrons. The predicted octanol–water partition coefficient (Wildman–Crippen LogP) is 2.63. The van der Waals surface area contributed by atoms with E-state index in [0.717, 1.165) is 0 Å². The average Bonchev–Trinajstić information content (AvgIpc) is 2.70. The van der Waals surface area contributed by atoms with Crippen LogP contribution in [-0.2, 0) is 9.53 Å². The number of alkyl halides is 2. The van der Waals surface area contributed by atoms with E-state index in [1.807, 2.05) is 0 Å². The minimum Gasteiger partial charge on any atom is -0.469 e. The fourth-order valence-corrected chi connectivity index (χ4v) is 2.01. The van der Waals surface area contributed by atoms with Gasteiger partial charge in [-0.25, -0.2) is 0 Å². The van der Waals surface area contributed by atoms with Gasteiger partial charge in [-0.1, -0.05) is 12.1 Å². The predicted molar refractivity (Wildman–Crippen MR) is 72.6 cm³/mol. The molecule has 0 aliphatic carbocycles. The summed E-state index contributed by atoms with van der Waals surface area (Å²) in [5.41, 5.74) is 5.18.